The number of hydrogen-bond donors (Lipinski definition) is 1. The van der Waals surface area contributed by atoms with Crippen LogP contribution in [0, 0.1) is 24.0 Å². The maximum absolute atomic E-state index is 13.3. The fourth-order valence-electron chi connectivity index (χ4n) is 4.06. The van der Waals surface area contributed by atoms with Crippen molar-refractivity contribution in [1.82, 2.24) is 19.6 Å². The zero-order chi connectivity index (χ0) is 24.1. The first-order valence-electron chi connectivity index (χ1n) is 10.1. The maximum Gasteiger partial charge on any atom is 0.301 e. The molecule has 11 nitrogen and oxygen atoms in total. The largest absolute Gasteiger partial charge is 0.505 e. The molecule has 5 rings (SSSR count). The number of ketones is 1. The van der Waals surface area contributed by atoms with E-state index < -0.39 is 28.4 Å². The number of nitrogens with zero attached hydrogens (tertiary/aromatic N) is 6. The van der Waals surface area contributed by atoms with Gasteiger partial charge in [-0.25, -0.2) is 4.98 Å². The third kappa shape index (κ3) is 3.23. The molecule has 1 saturated heterocycles. The zero-order valence-corrected chi connectivity index (χ0v) is 18.7. The number of benzene rings is 1. The molecule has 1 atom stereocenters. The van der Waals surface area contributed by atoms with Crippen LogP contribution in [0.2, 0.25) is 0 Å². The highest BCUT2D eigenvalue weighted by Crippen LogP contribution is 2.43. The van der Waals surface area contributed by atoms with Gasteiger partial charge in [-0.3, -0.25) is 29.0 Å². The molecule has 0 spiro atoms. The van der Waals surface area contributed by atoms with E-state index in [4.69, 9.17) is 0 Å². The number of carbonyl (C=O) groups excluding carboxylic acids is 2. The van der Waals surface area contributed by atoms with Gasteiger partial charge in [-0.05, 0) is 31.5 Å². The first-order valence-corrected chi connectivity index (χ1v) is 10.9. The van der Waals surface area contributed by atoms with Crippen molar-refractivity contribution in [1.29, 1.82) is 0 Å². The Morgan fingerprint density at radius 1 is 1.15 bits per heavy atom. The molecule has 1 fully saturated rings. The number of aliphatic hydroxyl groups excluding tert-OH is 1. The van der Waals surface area contributed by atoms with E-state index in [9.17, 15) is 24.8 Å². The molecule has 0 saturated carbocycles. The summed E-state index contributed by atoms with van der Waals surface area (Å²) in [5, 5.41) is 31.5. The number of carbonyl (C=O) groups is 2. The molecule has 4 heterocycles. The Morgan fingerprint density at radius 2 is 1.94 bits per heavy atom. The van der Waals surface area contributed by atoms with Crippen molar-refractivity contribution < 1.29 is 19.6 Å². The molecule has 1 aromatic carbocycles. The van der Waals surface area contributed by atoms with E-state index in [0.717, 1.165) is 16.2 Å². The van der Waals surface area contributed by atoms with Gasteiger partial charge in [-0.1, -0.05) is 29.5 Å². The van der Waals surface area contributed by atoms with Gasteiger partial charge in [0.1, 0.15) is 16.3 Å². The Balaban J connectivity index is 1.80. The molecular formula is C22H16N6O5S. The monoisotopic (exact) mass is 476 g/mol. The second-order valence-corrected chi connectivity index (χ2v) is 8.76. The van der Waals surface area contributed by atoms with Crippen molar-refractivity contribution in [3.05, 3.63) is 86.3 Å². The molecule has 34 heavy (non-hydrogen) atoms. The SMILES string of the molecule is Cc1nnc(N2C(=O)C(=O)C(=C(O)c3c(C)nc4ccccn34)C2c2cccc([N+](=O)[O-])c2)s1. The number of imidazole rings is 1. The van der Waals surface area contributed by atoms with E-state index in [-0.39, 0.29) is 27.6 Å². The van der Waals surface area contributed by atoms with Crippen LogP contribution in [0.15, 0.2) is 54.2 Å². The molecule has 1 unspecified atom stereocenters. The Hall–Kier alpha value is -4.45. The second kappa shape index (κ2) is 7.85. The lowest BCUT2D eigenvalue weighted by Gasteiger charge is -2.22. The number of nitro groups is 1. The lowest BCUT2D eigenvalue weighted by Crippen LogP contribution is -2.29. The molecule has 0 radical (unpaired) electrons. The summed E-state index contributed by atoms with van der Waals surface area (Å²) >= 11 is 1.09. The van der Waals surface area contributed by atoms with Crippen molar-refractivity contribution in [3.8, 4) is 0 Å². The number of pyridine rings is 1. The van der Waals surface area contributed by atoms with E-state index in [2.05, 4.69) is 15.2 Å². The smallest absolute Gasteiger partial charge is 0.301 e. The fraction of sp³-hybridized carbons (Fsp3) is 0.136. The van der Waals surface area contributed by atoms with Crippen LogP contribution in [0.1, 0.15) is 28.0 Å². The molecule has 0 bridgehead atoms. The van der Waals surface area contributed by atoms with Crippen molar-refractivity contribution in [2.45, 2.75) is 19.9 Å². The standard InChI is InChI=1S/C22H16N6O5S/c1-11-17(26-9-4-3-8-15(26)23-11)19(29)16-18(13-6-5-7-14(10-13)28(32)33)27(21(31)20(16)30)22-25-24-12(2)34-22/h3-10,18,29H,1-2H3. The van der Waals surface area contributed by atoms with Gasteiger partial charge in [0.05, 0.1) is 22.2 Å². The highest BCUT2D eigenvalue weighted by atomic mass is 32.1. The molecule has 12 heteroatoms. The van der Waals surface area contributed by atoms with Gasteiger partial charge in [0.25, 0.3) is 11.5 Å². The number of fused-ring (bicyclic) bond motifs is 1. The molecule has 1 amide bonds. The predicted octanol–water partition coefficient (Wildman–Crippen LogP) is 3.34. The van der Waals surface area contributed by atoms with E-state index in [1.807, 2.05) is 0 Å². The number of aliphatic hydroxyl groups is 1. The van der Waals surface area contributed by atoms with Gasteiger partial charge < -0.3 is 5.11 Å². The highest BCUT2D eigenvalue weighted by Gasteiger charge is 2.49. The van der Waals surface area contributed by atoms with Gasteiger partial charge in [0.15, 0.2) is 5.76 Å². The summed E-state index contributed by atoms with van der Waals surface area (Å²) in [5.41, 5.74) is 1.07. The predicted molar refractivity (Wildman–Crippen MR) is 122 cm³/mol. The molecule has 0 aliphatic carbocycles. The van der Waals surface area contributed by atoms with Gasteiger partial charge in [-0.15, -0.1) is 10.2 Å². The van der Waals surface area contributed by atoms with Crippen molar-refractivity contribution in [2.75, 3.05) is 4.90 Å². The molecule has 1 aliphatic heterocycles. The van der Waals surface area contributed by atoms with E-state index in [1.54, 1.807) is 48.7 Å². The minimum absolute atomic E-state index is 0.144. The van der Waals surface area contributed by atoms with Crippen molar-refractivity contribution in [3.63, 3.8) is 0 Å². The molecule has 1 aliphatic rings. The average molecular weight is 476 g/mol. The number of nitro benzene ring substituents is 1. The summed E-state index contributed by atoms with van der Waals surface area (Å²) in [6.07, 6.45) is 1.68. The van der Waals surface area contributed by atoms with Crippen LogP contribution in [0.5, 0.6) is 0 Å². The summed E-state index contributed by atoms with van der Waals surface area (Å²) < 4.78 is 1.61. The van der Waals surface area contributed by atoms with Crippen LogP contribution in [-0.4, -0.2) is 41.3 Å². The zero-order valence-electron chi connectivity index (χ0n) is 17.9. The number of aryl methyl sites for hydroxylation is 2. The minimum Gasteiger partial charge on any atom is -0.505 e. The Kier molecular flexibility index (Phi) is 4.94. The molecule has 170 valence electrons. The van der Waals surface area contributed by atoms with Crippen molar-refractivity contribution >= 4 is 45.3 Å². The fourth-order valence-corrected chi connectivity index (χ4v) is 4.78. The van der Waals surface area contributed by atoms with Crippen LogP contribution < -0.4 is 4.90 Å². The maximum atomic E-state index is 13.3. The van der Waals surface area contributed by atoms with Crippen LogP contribution in [0.3, 0.4) is 0 Å². The second-order valence-electron chi connectivity index (χ2n) is 7.60. The van der Waals surface area contributed by atoms with Crippen LogP contribution in [0.4, 0.5) is 10.8 Å². The number of rotatable bonds is 4. The minimum atomic E-state index is -1.15. The van der Waals surface area contributed by atoms with Crippen LogP contribution >= 0.6 is 11.3 Å². The number of amides is 1. The summed E-state index contributed by atoms with van der Waals surface area (Å²) in [4.78, 5) is 42.8. The third-order valence-electron chi connectivity index (χ3n) is 5.49. The number of Topliss-reactive ketones (excluding diaryl/α,β-unsaturated/α-hetero) is 1. The normalized spacial score (nSPS) is 17.6. The Bertz CT molecular complexity index is 1540. The molecule has 3 aromatic heterocycles. The number of anilines is 1. The quantitative estimate of drug-likeness (QED) is 0.155. The van der Waals surface area contributed by atoms with Gasteiger partial charge in [0, 0.05) is 18.3 Å². The summed E-state index contributed by atoms with van der Waals surface area (Å²) in [6.45, 7) is 3.37. The lowest BCUT2D eigenvalue weighted by molar-refractivity contribution is -0.384. The Labute approximate surface area is 195 Å². The van der Waals surface area contributed by atoms with Crippen molar-refractivity contribution in [2.24, 2.45) is 0 Å². The number of non-ortho nitro benzene ring substituents is 1. The topological polar surface area (TPSA) is 144 Å². The van der Waals surface area contributed by atoms with Gasteiger partial charge in [0.2, 0.25) is 5.13 Å². The first-order chi connectivity index (χ1) is 16.3. The molecular weight excluding hydrogens is 460 g/mol. The first kappa shape index (κ1) is 21.4. The third-order valence-corrected chi connectivity index (χ3v) is 6.33. The Morgan fingerprint density at radius 3 is 2.65 bits per heavy atom. The average Bonchev–Trinajstić information content (AvgIpc) is 3.46. The molecule has 1 N–H and O–H groups in total. The summed E-state index contributed by atoms with van der Waals surface area (Å²) in [5.74, 6) is -2.29. The van der Waals surface area contributed by atoms with E-state index in [1.165, 1.54) is 18.2 Å². The highest BCUT2D eigenvalue weighted by molar-refractivity contribution is 7.15. The van der Waals surface area contributed by atoms with Gasteiger partial charge in [-0.2, -0.15) is 0 Å². The summed E-state index contributed by atoms with van der Waals surface area (Å²) in [7, 11) is 0. The van der Waals surface area contributed by atoms with Gasteiger partial charge >= 0.3 is 5.91 Å². The number of aromatic nitrogens is 4. The van der Waals surface area contributed by atoms with E-state index >= 15 is 0 Å². The van der Waals surface area contributed by atoms with Crippen LogP contribution in [-0.2, 0) is 9.59 Å². The van der Waals surface area contributed by atoms with Crippen LogP contribution in [0.25, 0.3) is 11.4 Å². The molecule has 4 aromatic rings. The summed E-state index contributed by atoms with van der Waals surface area (Å²) in [6, 6.07) is 9.70. The number of hydrogen-bond acceptors (Lipinski definition) is 9. The lowest BCUT2D eigenvalue weighted by atomic mass is 9.96. The van der Waals surface area contributed by atoms with E-state index in [0.29, 0.717) is 16.3 Å².